The quantitative estimate of drug-likeness (QED) is 0.756. The van der Waals surface area contributed by atoms with Crippen LogP contribution in [0.2, 0.25) is 0 Å². The minimum absolute atomic E-state index is 0.0103. The van der Waals surface area contributed by atoms with Gasteiger partial charge in [-0.15, -0.1) is 0 Å². The number of benzene rings is 1. The van der Waals surface area contributed by atoms with Crippen LogP contribution in [0.25, 0.3) is 0 Å². The van der Waals surface area contributed by atoms with E-state index >= 15 is 0 Å². The maximum atomic E-state index is 11.7. The zero-order valence-corrected chi connectivity index (χ0v) is 9.03. The topological polar surface area (TPSA) is 29.1 Å². The zero-order chi connectivity index (χ0) is 10.8. The first-order valence-corrected chi connectivity index (χ1v) is 5.22. The van der Waals surface area contributed by atoms with Gasteiger partial charge in [-0.1, -0.05) is 37.3 Å². The molecule has 1 heterocycles. The highest BCUT2D eigenvalue weighted by molar-refractivity contribution is 5.93. The molecule has 1 unspecified atom stereocenters. The van der Waals surface area contributed by atoms with E-state index in [1.807, 2.05) is 32.0 Å². The Hall–Kier alpha value is -1.57. The molecule has 1 aliphatic heterocycles. The largest absolute Gasteiger partial charge is 0.381 e. The Morgan fingerprint density at radius 3 is 2.53 bits per heavy atom. The van der Waals surface area contributed by atoms with Crippen molar-refractivity contribution in [3.8, 4) is 0 Å². The van der Waals surface area contributed by atoms with Gasteiger partial charge in [0.1, 0.15) is 0 Å². The van der Waals surface area contributed by atoms with Gasteiger partial charge in [0, 0.05) is 17.7 Å². The monoisotopic (exact) mass is 201 g/mol. The van der Waals surface area contributed by atoms with Gasteiger partial charge in [0.2, 0.25) is 0 Å². The first-order valence-electron chi connectivity index (χ1n) is 5.22. The van der Waals surface area contributed by atoms with Crippen molar-refractivity contribution in [1.82, 2.24) is 5.32 Å². The average Bonchev–Trinajstić information content (AvgIpc) is 2.24. The maximum absolute atomic E-state index is 11.7. The molecule has 1 aromatic rings. The SMILES string of the molecule is CC1=CC(=O)[C@H](C)C(c2ccccc2)N1. The van der Waals surface area contributed by atoms with Crippen molar-refractivity contribution in [2.45, 2.75) is 19.9 Å². The zero-order valence-electron chi connectivity index (χ0n) is 9.03. The standard InChI is InChI=1S/C13H15NO/c1-9-8-12(15)10(2)13(14-9)11-6-4-3-5-7-11/h3-8,10,13-14H,1-2H3/t10-,13?/m0/s1. The maximum Gasteiger partial charge on any atom is 0.162 e. The highest BCUT2D eigenvalue weighted by Crippen LogP contribution is 2.27. The highest BCUT2D eigenvalue weighted by Gasteiger charge is 2.27. The Morgan fingerprint density at radius 1 is 1.20 bits per heavy atom. The van der Waals surface area contributed by atoms with Gasteiger partial charge in [-0.05, 0) is 12.5 Å². The summed E-state index contributed by atoms with van der Waals surface area (Å²) in [7, 11) is 0. The van der Waals surface area contributed by atoms with Crippen LogP contribution in [0, 0.1) is 5.92 Å². The number of carbonyl (C=O) groups is 1. The Balaban J connectivity index is 2.31. The number of nitrogens with one attached hydrogen (secondary N) is 1. The Morgan fingerprint density at radius 2 is 1.87 bits per heavy atom. The molecule has 0 spiro atoms. The molecule has 2 atom stereocenters. The van der Waals surface area contributed by atoms with Crippen LogP contribution in [0.3, 0.4) is 0 Å². The minimum Gasteiger partial charge on any atom is -0.381 e. The average molecular weight is 201 g/mol. The number of hydrogen-bond acceptors (Lipinski definition) is 2. The number of rotatable bonds is 1. The van der Waals surface area contributed by atoms with E-state index in [-0.39, 0.29) is 17.7 Å². The first-order chi connectivity index (χ1) is 7.18. The summed E-state index contributed by atoms with van der Waals surface area (Å²) in [6.45, 7) is 3.90. The van der Waals surface area contributed by atoms with Crippen molar-refractivity contribution in [2.24, 2.45) is 5.92 Å². The first kappa shape index (κ1) is 9.97. The lowest BCUT2D eigenvalue weighted by Crippen LogP contribution is -2.34. The number of ketones is 1. The van der Waals surface area contributed by atoms with Gasteiger partial charge < -0.3 is 5.32 Å². The third kappa shape index (κ3) is 1.94. The van der Waals surface area contributed by atoms with E-state index in [9.17, 15) is 4.79 Å². The predicted molar refractivity (Wildman–Crippen MR) is 60.2 cm³/mol. The van der Waals surface area contributed by atoms with E-state index in [0.29, 0.717) is 0 Å². The van der Waals surface area contributed by atoms with Crippen molar-refractivity contribution >= 4 is 5.78 Å². The third-order valence-electron chi connectivity index (χ3n) is 2.85. The fourth-order valence-electron chi connectivity index (χ4n) is 1.95. The second kappa shape index (κ2) is 3.89. The van der Waals surface area contributed by atoms with Crippen LogP contribution in [0.15, 0.2) is 42.1 Å². The van der Waals surface area contributed by atoms with Crippen molar-refractivity contribution < 1.29 is 4.79 Å². The van der Waals surface area contributed by atoms with E-state index in [2.05, 4.69) is 17.4 Å². The lowest BCUT2D eigenvalue weighted by Gasteiger charge is -2.29. The summed E-state index contributed by atoms with van der Waals surface area (Å²) in [5.41, 5.74) is 2.12. The van der Waals surface area contributed by atoms with Crippen LogP contribution in [0.5, 0.6) is 0 Å². The molecule has 1 N–H and O–H groups in total. The predicted octanol–water partition coefficient (Wildman–Crippen LogP) is 2.44. The van der Waals surface area contributed by atoms with Gasteiger partial charge in [-0.3, -0.25) is 4.79 Å². The van der Waals surface area contributed by atoms with Gasteiger partial charge >= 0.3 is 0 Å². The van der Waals surface area contributed by atoms with E-state index in [0.717, 1.165) is 5.70 Å². The fourth-order valence-corrected chi connectivity index (χ4v) is 1.95. The molecule has 0 bridgehead atoms. The summed E-state index contributed by atoms with van der Waals surface area (Å²) in [6.07, 6.45) is 1.68. The molecule has 1 aromatic carbocycles. The van der Waals surface area contributed by atoms with Gasteiger partial charge in [0.15, 0.2) is 5.78 Å². The van der Waals surface area contributed by atoms with Crippen LogP contribution in [0.1, 0.15) is 25.5 Å². The van der Waals surface area contributed by atoms with Crippen molar-refractivity contribution in [3.63, 3.8) is 0 Å². The number of allylic oxidation sites excluding steroid dienone is 2. The van der Waals surface area contributed by atoms with Crippen molar-refractivity contribution in [3.05, 3.63) is 47.7 Å². The van der Waals surface area contributed by atoms with Crippen LogP contribution >= 0.6 is 0 Å². The van der Waals surface area contributed by atoms with Crippen molar-refractivity contribution in [2.75, 3.05) is 0 Å². The summed E-state index contributed by atoms with van der Waals surface area (Å²) < 4.78 is 0. The molecule has 1 aliphatic rings. The fraction of sp³-hybridized carbons (Fsp3) is 0.308. The molecule has 78 valence electrons. The van der Waals surface area contributed by atoms with E-state index < -0.39 is 0 Å². The lowest BCUT2D eigenvalue weighted by atomic mass is 9.88. The lowest BCUT2D eigenvalue weighted by molar-refractivity contribution is -0.119. The third-order valence-corrected chi connectivity index (χ3v) is 2.85. The molecule has 2 nitrogen and oxygen atoms in total. The van der Waals surface area contributed by atoms with Gasteiger partial charge in [0.05, 0.1) is 6.04 Å². The van der Waals surface area contributed by atoms with Crippen LogP contribution in [-0.2, 0) is 4.79 Å². The molecule has 0 radical (unpaired) electrons. The van der Waals surface area contributed by atoms with E-state index in [4.69, 9.17) is 0 Å². The molecular weight excluding hydrogens is 186 g/mol. The molecule has 0 fully saturated rings. The summed E-state index contributed by atoms with van der Waals surface area (Å²) in [6, 6.07) is 10.2. The second-order valence-corrected chi connectivity index (χ2v) is 4.05. The molecule has 0 saturated heterocycles. The van der Waals surface area contributed by atoms with Crippen LogP contribution < -0.4 is 5.32 Å². The van der Waals surface area contributed by atoms with Crippen LogP contribution in [-0.4, -0.2) is 5.78 Å². The molecule has 0 aromatic heterocycles. The summed E-state index contributed by atoms with van der Waals surface area (Å²) in [4.78, 5) is 11.7. The number of hydrogen-bond donors (Lipinski definition) is 1. The van der Waals surface area contributed by atoms with Crippen molar-refractivity contribution in [1.29, 1.82) is 0 Å². The van der Waals surface area contributed by atoms with Gasteiger partial charge in [0.25, 0.3) is 0 Å². The highest BCUT2D eigenvalue weighted by atomic mass is 16.1. The summed E-state index contributed by atoms with van der Waals surface area (Å²) >= 11 is 0. The Labute approximate surface area is 90.0 Å². The summed E-state index contributed by atoms with van der Waals surface area (Å²) in [5.74, 6) is 0.219. The smallest absolute Gasteiger partial charge is 0.162 e. The van der Waals surface area contributed by atoms with E-state index in [1.165, 1.54) is 5.56 Å². The summed E-state index contributed by atoms with van der Waals surface area (Å²) in [5, 5.41) is 3.35. The van der Waals surface area contributed by atoms with Crippen LogP contribution in [0.4, 0.5) is 0 Å². The minimum atomic E-state index is 0.0103. The molecule has 0 aliphatic carbocycles. The molecule has 0 saturated carbocycles. The molecule has 2 heteroatoms. The molecule has 15 heavy (non-hydrogen) atoms. The Bertz CT molecular complexity index is 394. The Kier molecular flexibility index (Phi) is 2.58. The molecule has 0 amide bonds. The second-order valence-electron chi connectivity index (χ2n) is 4.05. The van der Waals surface area contributed by atoms with E-state index in [1.54, 1.807) is 6.08 Å². The van der Waals surface area contributed by atoms with Gasteiger partial charge in [-0.2, -0.15) is 0 Å². The molecular formula is C13H15NO. The number of carbonyl (C=O) groups excluding carboxylic acids is 1. The normalized spacial score (nSPS) is 25.7. The van der Waals surface area contributed by atoms with Gasteiger partial charge in [-0.25, -0.2) is 0 Å². The molecule has 2 rings (SSSR count).